The van der Waals surface area contributed by atoms with Crippen LogP contribution in [0, 0.1) is 5.92 Å². The van der Waals surface area contributed by atoms with Gasteiger partial charge in [-0.25, -0.2) is 9.78 Å². The molecule has 0 aliphatic heterocycles. The topological polar surface area (TPSA) is 62.2 Å². The minimum Gasteiger partial charge on any atom is -0.478 e. The van der Waals surface area contributed by atoms with E-state index in [-0.39, 0.29) is 10.6 Å². The largest absolute Gasteiger partial charge is 0.478 e. The number of hydrogen-bond acceptors (Lipinski definition) is 3. The number of halogens is 1. The van der Waals surface area contributed by atoms with Gasteiger partial charge in [0.2, 0.25) is 0 Å². The summed E-state index contributed by atoms with van der Waals surface area (Å²) in [6.07, 6.45) is 5.15. The summed E-state index contributed by atoms with van der Waals surface area (Å²) >= 11 is 5.93. The van der Waals surface area contributed by atoms with Crippen molar-refractivity contribution < 1.29 is 9.90 Å². The van der Waals surface area contributed by atoms with Crippen molar-refractivity contribution in [2.75, 3.05) is 11.9 Å². The number of carboxylic acids is 1. The Morgan fingerprint density at radius 2 is 2.38 bits per heavy atom. The van der Waals surface area contributed by atoms with Crippen molar-refractivity contribution >= 4 is 23.4 Å². The summed E-state index contributed by atoms with van der Waals surface area (Å²) < 4.78 is 0. The van der Waals surface area contributed by atoms with E-state index in [1.54, 1.807) is 0 Å². The van der Waals surface area contributed by atoms with Crippen LogP contribution in [0.1, 0.15) is 29.6 Å². The minimum absolute atomic E-state index is 0.0885. The summed E-state index contributed by atoms with van der Waals surface area (Å²) in [5, 5.41) is 12.1. The zero-order valence-electron chi connectivity index (χ0n) is 8.74. The van der Waals surface area contributed by atoms with Gasteiger partial charge in [-0.2, -0.15) is 0 Å². The Bertz CT molecular complexity index is 405. The molecule has 0 amide bonds. The molecule has 1 aliphatic rings. The molecule has 1 aromatic rings. The van der Waals surface area contributed by atoms with E-state index in [9.17, 15) is 4.79 Å². The lowest BCUT2D eigenvalue weighted by atomic mass is 10.2. The van der Waals surface area contributed by atoms with Crippen molar-refractivity contribution in [3.05, 3.63) is 22.8 Å². The summed E-state index contributed by atoms with van der Waals surface area (Å²) in [5.74, 6) is 0.258. The summed E-state index contributed by atoms with van der Waals surface area (Å²) in [7, 11) is 0. The van der Waals surface area contributed by atoms with Gasteiger partial charge in [-0.3, -0.25) is 0 Å². The Kier molecular flexibility index (Phi) is 3.29. The summed E-state index contributed by atoms with van der Waals surface area (Å²) in [5.41, 5.74) is 0.0885. The number of nitrogens with one attached hydrogen (secondary N) is 1. The highest BCUT2D eigenvalue weighted by molar-refractivity contribution is 6.35. The molecule has 0 unspecified atom stereocenters. The number of nitrogens with zero attached hydrogens (tertiary/aromatic N) is 1. The van der Waals surface area contributed by atoms with E-state index in [1.807, 2.05) is 0 Å². The molecule has 0 radical (unpaired) electrons. The van der Waals surface area contributed by atoms with Crippen LogP contribution in [-0.4, -0.2) is 22.6 Å². The zero-order chi connectivity index (χ0) is 11.5. The van der Waals surface area contributed by atoms with Gasteiger partial charge in [0, 0.05) is 12.7 Å². The standard InChI is InChI=1S/C11H13ClN2O2/c12-9-8(11(15)16)4-6-14-10(9)13-5-3-7-1-2-7/h4,6-7H,1-3,5H2,(H,13,14)(H,15,16). The monoisotopic (exact) mass is 240 g/mol. The van der Waals surface area contributed by atoms with E-state index in [1.165, 1.54) is 25.1 Å². The molecule has 16 heavy (non-hydrogen) atoms. The van der Waals surface area contributed by atoms with Crippen molar-refractivity contribution in [1.82, 2.24) is 4.98 Å². The lowest BCUT2D eigenvalue weighted by molar-refractivity contribution is 0.0697. The molecule has 2 rings (SSSR count). The van der Waals surface area contributed by atoms with Crippen molar-refractivity contribution in [1.29, 1.82) is 0 Å². The van der Waals surface area contributed by atoms with E-state index in [2.05, 4.69) is 10.3 Å². The number of aromatic nitrogens is 1. The first kappa shape index (κ1) is 11.2. The van der Waals surface area contributed by atoms with E-state index in [4.69, 9.17) is 16.7 Å². The van der Waals surface area contributed by atoms with Crippen LogP contribution in [0.3, 0.4) is 0 Å². The van der Waals surface area contributed by atoms with Gasteiger partial charge in [-0.1, -0.05) is 24.4 Å². The summed E-state index contributed by atoms with van der Waals surface area (Å²) in [6.45, 7) is 0.792. The molecule has 0 saturated heterocycles. The van der Waals surface area contributed by atoms with Crippen molar-refractivity contribution in [2.45, 2.75) is 19.3 Å². The second-order valence-corrected chi connectivity index (χ2v) is 4.36. The minimum atomic E-state index is -1.03. The molecule has 86 valence electrons. The molecule has 0 spiro atoms. The summed E-state index contributed by atoms with van der Waals surface area (Å²) in [4.78, 5) is 14.9. The second-order valence-electron chi connectivity index (χ2n) is 3.99. The van der Waals surface area contributed by atoms with Gasteiger partial charge in [0.15, 0.2) is 0 Å². The third-order valence-corrected chi connectivity index (χ3v) is 3.04. The quantitative estimate of drug-likeness (QED) is 0.831. The molecule has 1 fully saturated rings. The summed E-state index contributed by atoms with van der Waals surface area (Å²) in [6, 6.07) is 1.40. The van der Waals surface area contributed by atoms with E-state index in [0.717, 1.165) is 18.9 Å². The lowest BCUT2D eigenvalue weighted by Gasteiger charge is -2.08. The van der Waals surface area contributed by atoms with Crippen molar-refractivity contribution in [2.24, 2.45) is 5.92 Å². The first-order valence-electron chi connectivity index (χ1n) is 5.30. The Morgan fingerprint density at radius 1 is 1.62 bits per heavy atom. The Balaban J connectivity index is 2.01. The lowest BCUT2D eigenvalue weighted by Crippen LogP contribution is -2.07. The molecule has 1 saturated carbocycles. The fourth-order valence-electron chi connectivity index (χ4n) is 1.53. The Morgan fingerprint density at radius 3 is 3.00 bits per heavy atom. The smallest absolute Gasteiger partial charge is 0.337 e. The number of pyridine rings is 1. The van der Waals surface area contributed by atoms with E-state index < -0.39 is 5.97 Å². The highest BCUT2D eigenvalue weighted by Gasteiger charge is 2.20. The molecule has 1 aromatic heterocycles. The molecule has 4 nitrogen and oxygen atoms in total. The third-order valence-electron chi connectivity index (χ3n) is 2.66. The number of carboxylic acid groups (broad SMARTS) is 1. The van der Waals surface area contributed by atoms with Crippen molar-refractivity contribution in [3.63, 3.8) is 0 Å². The highest BCUT2D eigenvalue weighted by Crippen LogP contribution is 2.32. The molecule has 0 bridgehead atoms. The van der Waals surface area contributed by atoms with Crippen LogP contribution in [-0.2, 0) is 0 Å². The number of hydrogen-bond donors (Lipinski definition) is 2. The predicted molar refractivity (Wildman–Crippen MR) is 62.0 cm³/mol. The number of carbonyl (C=O) groups is 1. The van der Waals surface area contributed by atoms with Gasteiger partial charge in [0.1, 0.15) is 5.82 Å². The first-order chi connectivity index (χ1) is 7.68. The van der Waals surface area contributed by atoms with Gasteiger partial charge in [-0.05, 0) is 18.4 Å². The molecular weight excluding hydrogens is 228 g/mol. The van der Waals surface area contributed by atoms with Crippen molar-refractivity contribution in [3.8, 4) is 0 Å². The van der Waals surface area contributed by atoms with Crippen LogP contribution in [0.2, 0.25) is 5.02 Å². The van der Waals surface area contributed by atoms with Crippen LogP contribution in [0.5, 0.6) is 0 Å². The second kappa shape index (κ2) is 4.70. The zero-order valence-corrected chi connectivity index (χ0v) is 9.50. The highest BCUT2D eigenvalue weighted by atomic mass is 35.5. The predicted octanol–water partition coefficient (Wildman–Crippen LogP) is 2.65. The molecule has 2 N–H and O–H groups in total. The number of rotatable bonds is 5. The fourth-order valence-corrected chi connectivity index (χ4v) is 1.79. The van der Waals surface area contributed by atoms with Crippen LogP contribution in [0.15, 0.2) is 12.3 Å². The normalized spacial score (nSPS) is 14.8. The number of anilines is 1. The maximum atomic E-state index is 10.8. The average Bonchev–Trinajstić information content (AvgIpc) is 3.04. The SMILES string of the molecule is O=C(O)c1ccnc(NCCC2CC2)c1Cl. The molecule has 0 aromatic carbocycles. The van der Waals surface area contributed by atoms with Gasteiger partial charge >= 0.3 is 5.97 Å². The maximum absolute atomic E-state index is 10.8. The molecule has 0 atom stereocenters. The van der Waals surface area contributed by atoms with Gasteiger partial charge in [-0.15, -0.1) is 0 Å². The van der Waals surface area contributed by atoms with Crippen LogP contribution in [0.25, 0.3) is 0 Å². The molecule has 1 aliphatic carbocycles. The van der Waals surface area contributed by atoms with Gasteiger partial charge in [0.05, 0.1) is 10.6 Å². The Hall–Kier alpha value is -1.29. The average molecular weight is 241 g/mol. The fraction of sp³-hybridized carbons (Fsp3) is 0.455. The maximum Gasteiger partial charge on any atom is 0.337 e. The van der Waals surface area contributed by atoms with Gasteiger partial charge < -0.3 is 10.4 Å². The van der Waals surface area contributed by atoms with E-state index >= 15 is 0 Å². The number of aromatic carboxylic acids is 1. The third kappa shape index (κ3) is 2.64. The van der Waals surface area contributed by atoms with E-state index in [0.29, 0.717) is 5.82 Å². The Labute approximate surface area is 98.6 Å². The molecular formula is C11H13ClN2O2. The van der Waals surface area contributed by atoms with Gasteiger partial charge in [0.25, 0.3) is 0 Å². The van der Waals surface area contributed by atoms with Crippen LogP contribution >= 0.6 is 11.6 Å². The molecule has 1 heterocycles. The first-order valence-corrected chi connectivity index (χ1v) is 5.68. The van der Waals surface area contributed by atoms with Crippen LogP contribution < -0.4 is 5.32 Å². The molecule has 5 heteroatoms. The van der Waals surface area contributed by atoms with Crippen LogP contribution in [0.4, 0.5) is 5.82 Å².